The Morgan fingerprint density at radius 1 is 1.15 bits per heavy atom. The van der Waals surface area contributed by atoms with Crippen LogP contribution >= 0.6 is 23.2 Å². The van der Waals surface area contributed by atoms with Crippen molar-refractivity contribution in [1.82, 2.24) is 9.80 Å². The van der Waals surface area contributed by atoms with Crippen molar-refractivity contribution >= 4 is 29.3 Å². The van der Waals surface area contributed by atoms with Gasteiger partial charge in [-0.2, -0.15) is 0 Å². The molecule has 7 heteroatoms. The van der Waals surface area contributed by atoms with E-state index in [4.69, 9.17) is 27.9 Å². The van der Waals surface area contributed by atoms with Crippen molar-refractivity contribution in [3.05, 3.63) is 69.7 Å². The van der Waals surface area contributed by atoms with Crippen molar-refractivity contribution in [3.8, 4) is 0 Å². The van der Waals surface area contributed by atoms with Crippen molar-refractivity contribution in [3.63, 3.8) is 0 Å². The number of carbonyl (C=O) groups is 1. The summed E-state index contributed by atoms with van der Waals surface area (Å²) in [6.45, 7) is 7.86. The van der Waals surface area contributed by atoms with Crippen LogP contribution in [0, 0.1) is 0 Å². The third-order valence-electron chi connectivity index (χ3n) is 6.32. The number of likely N-dealkylation sites (tertiary alicyclic amines) is 1. The SMILES string of the molecule is CN(CCCCN1CCC(O)(c2ccccc2)CC1c1ccc(Cl)c(Cl)c1)C(=O)OC(C)(C)C. The van der Waals surface area contributed by atoms with E-state index in [1.54, 1.807) is 11.9 Å². The predicted molar refractivity (Wildman–Crippen MR) is 138 cm³/mol. The molecule has 1 fully saturated rings. The Balaban J connectivity index is 1.67. The van der Waals surface area contributed by atoms with E-state index in [1.165, 1.54) is 0 Å². The molecular weight excluding hydrogens is 471 g/mol. The zero-order valence-corrected chi connectivity index (χ0v) is 22.1. The van der Waals surface area contributed by atoms with Gasteiger partial charge in [-0.15, -0.1) is 0 Å². The molecular formula is C27H36Cl2N2O3. The molecule has 34 heavy (non-hydrogen) atoms. The quantitative estimate of drug-likeness (QED) is 0.426. The largest absolute Gasteiger partial charge is 0.444 e. The summed E-state index contributed by atoms with van der Waals surface area (Å²) in [6.07, 6.45) is 2.73. The average Bonchev–Trinajstić information content (AvgIpc) is 2.78. The second-order valence-electron chi connectivity index (χ2n) is 10.2. The fourth-order valence-electron chi connectivity index (χ4n) is 4.46. The van der Waals surface area contributed by atoms with Gasteiger partial charge in [-0.05, 0) is 69.8 Å². The molecule has 2 unspecified atom stereocenters. The number of rotatable bonds is 7. The van der Waals surface area contributed by atoms with Crippen LogP contribution in [0.15, 0.2) is 48.5 Å². The first-order valence-corrected chi connectivity index (χ1v) is 12.7. The topological polar surface area (TPSA) is 53.0 Å². The predicted octanol–water partition coefficient (Wildman–Crippen LogP) is 6.67. The highest BCUT2D eigenvalue weighted by Crippen LogP contribution is 2.43. The van der Waals surface area contributed by atoms with Gasteiger partial charge in [0.15, 0.2) is 0 Å². The van der Waals surface area contributed by atoms with Crippen molar-refractivity contribution in [1.29, 1.82) is 0 Å². The van der Waals surface area contributed by atoms with Crippen LogP contribution in [-0.4, -0.2) is 53.3 Å². The van der Waals surface area contributed by atoms with E-state index in [-0.39, 0.29) is 12.1 Å². The summed E-state index contributed by atoms with van der Waals surface area (Å²) >= 11 is 12.5. The maximum atomic E-state index is 12.2. The maximum absolute atomic E-state index is 12.2. The fraction of sp³-hybridized carbons (Fsp3) is 0.519. The van der Waals surface area contributed by atoms with Crippen molar-refractivity contribution in [2.75, 3.05) is 26.7 Å². The number of amides is 1. The lowest BCUT2D eigenvalue weighted by Gasteiger charge is -2.44. The molecule has 2 aromatic carbocycles. The lowest BCUT2D eigenvalue weighted by molar-refractivity contribution is -0.0535. The van der Waals surface area contributed by atoms with E-state index in [0.717, 1.165) is 37.1 Å². The van der Waals surface area contributed by atoms with Crippen LogP contribution in [0.1, 0.15) is 63.6 Å². The van der Waals surface area contributed by atoms with E-state index < -0.39 is 11.2 Å². The number of hydrogen-bond donors (Lipinski definition) is 1. The number of benzene rings is 2. The highest BCUT2D eigenvalue weighted by atomic mass is 35.5. The zero-order valence-electron chi connectivity index (χ0n) is 20.6. The third-order valence-corrected chi connectivity index (χ3v) is 7.06. The number of unbranched alkanes of at least 4 members (excludes halogenated alkanes) is 1. The van der Waals surface area contributed by atoms with Gasteiger partial charge in [-0.1, -0.05) is 59.6 Å². The summed E-state index contributed by atoms with van der Waals surface area (Å²) in [6, 6.07) is 15.6. The number of aliphatic hydroxyl groups is 1. The van der Waals surface area contributed by atoms with Gasteiger partial charge in [-0.3, -0.25) is 4.90 Å². The average molecular weight is 508 g/mol. The van der Waals surface area contributed by atoms with E-state index in [0.29, 0.717) is 29.4 Å². The summed E-state index contributed by atoms with van der Waals surface area (Å²) in [7, 11) is 1.77. The highest BCUT2D eigenvalue weighted by Gasteiger charge is 2.40. The van der Waals surface area contributed by atoms with Crippen molar-refractivity contribution in [2.24, 2.45) is 0 Å². The Hall–Kier alpha value is -1.79. The number of ether oxygens (including phenoxy) is 1. The number of halogens is 2. The Morgan fingerprint density at radius 3 is 2.50 bits per heavy atom. The lowest BCUT2D eigenvalue weighted by Crippen LogP contribution is -2.45. The summed E-state index contributed by atoms with van der Waals surface area (Å²) in [5, 5.41) is 12.6. The van der Waals surface area contributed by atoms with Crippen LogP contribution in [0.4, 0.5) is 4.79 Å². The second-order valence-corrected chi connectivity index (χ2v) is 11.0. The molecule has 1 amide bonds. The number of nitrogens with zero attached hydrogens (tertiary/aromatic N) is 2. The van der Waals surface area contributed by atoms with E-state index in [9.17, 15) is 9.90 Å². The van der Waals surface area contributed by atoms with Crippen LogP contribution < -0.4 is 0 Å². The molecule has 1 N–H and O–H groups in total. The van der Waals surface area contributed by atoms with Gasteiger partial charge >= 0.3 is 6.09 Å². The minimum Gasteiger partial charge on any atom is -0.444 e. The number of piperidine rings is 1. The molecule has 1 aliphatic rings. The monoisotopic (exact) mass is 506 g/mol. The van der Waals surface area contributed by atoms with Crippen LogP contribution in [0.3, 0.4) is 0 Å². The highest BCUT2D eigenvalue weighted by molar-refractivity contribution is 6.42. The van der Waals surface area contributed by atoms with E-state index >= 15 is 0 Å². The van der Waals surface area contributed by atoms with E-state index in [2.05, 4.69) is 4.90 Å². The summed E-state index contributed by atoms with van der Waals surface area (Å²) in [5.41, 5.74) is 0.598. The molecule has 2 aromatic rings. The van der Waals surface area contributed by atoms with E-state index in [1.807, 2.05) is 69.3 Å². The van der Waals surface area contributed by atoms with Gasteiger partial charge in [0.05, 0.1) is 15.6 Å². The van der Waals surface area contributed by atoms with Gasteiger partial charge < -0.3 is 14.7 Å². The standard InChI is InChI=1S/C27H36Cl2N2O3/c1-26(2,3)34-25(32)30(4)15-8-9-16-31-17-14-27(33,21-10-6-5-7-11-21)19-24(31)20-12-13-22(28)23(29)18-20/h5-7,10-13,18,24,33H,8-9,14-17,19H2,1-4H3. The molecule has 0 aromatic heterocycles. The second kappa shape index (κ2) is 11.3. The first-order valence-electron chi connectivity index (χ1n) is 11.9. The Bertz CT molecular complexity index is 964. The summed E-state index contributed by atoms with van der Waals surface area (Å²) < 4.78 is 5.43. The number of hydrogen-bond acceptors (Lipinski definition) is 4. The van der Waals surface area contributed by atoms with Gasteiger partial charge in [-0.25, -0.2) is 4.79 Å². The van der Waals surface area contributed by atoms with Crippen molar-refractivity contribution < 1.29 is 14.6 Å². The molecule has 3 rings (SSSR count). The molecule has 1 heterocycles. The minimum atomic E-state index is -0.897. The molecule has 0 saturated carbocycles. The Kier molecular flexibility index (Phi) is 8.91. The summed E-state index contributed by atoms with van der Waals surface area (Å²) in [4.78, 5) is 16.2. The smallest absolute Gasteiger partial charge is 0.410 e. The van der Waals surface area contributed by atoms with Gasteiger partial charge in [0.1, 0.15) is 5.60 Å². The van der Waals surface area contributed by atoms with Gasteiger partial charge in [0.25, 0.3) is 0 Å². The molecule has 0 aliphatic carbocycles. The van der Waals surface area contributed by atoms with Crippen LogP contribution in [-0.2, 0) is 10.3 Å². The number of carbonyl (C=O) groups excluding carboxylic acids is 1. The van der Waals surface area contributed by atoms with Gasteiger partial charge in [0, 0.05) is 32.6 Å². The molecule has 1 aliphatic heterocycles. The van der Waals surface area contributed by atoms with Gasteiger partial charge in [0.2, 0.25) is 0 Å². The maximum Gasteiger partial charge on any atom is 0.410 e. The first kappa shape index (κ1) is 26.8. The molecule has 1 saturated heterocycles. The third kappa shape index (κ3) is 7.11. The molecule has 0 bridgehead atoms. The molecule has 0 radical (unpaired) electrons. The van der Waals surface area contributed by atoms with Crippen LogP contribution in [0.2, 0.25) is 10.0 Å². The first-order chi connectivity index (χ1) is 16.0. The summed E-state index contributed by atoms with van der Waals surface area (Å²) in [5.74, 6) is 0. The molecule has 5 nitrogen and oxygen atoms in total. The van der Waals surface area contributed by atoms with Crippen LogP contribution in [0.5, 0.6) is 0 Å². The zero-order chi connectivity index (χ0) is 24.9. The fourth-order valence-corrected chi connectivity index (χ4v) is 4.76. The van der Waals surface area contributed by atoms with Crippen molar-refractivity contribution in [2.45, 2.75) is 63.7 Å². The van der Waals surface area contributed by atoms with Crippen LogP contribution in [0.25, 0.3) is 0 Å². The normalized spacial score (nSPS) is 21.3. The Morgan fingerprint density at radius 2 is 1.85 bits per heavy atom. The minimum absolute atomic E-state index is 0.0114. The lowest BCUT2D eigenvalue weighted by atomic mass is 9.79. The molecule has 0 spiro atoms. The Labute approximate surface area is 213 Å². The molecule has 186 valence electrons. The molecule has 2 atom stereocenters.